The van der Waals surface area contributed by atoms with Crippen molar-refractivity contribution in [3.63, 3.8) is 0 Å². The average Bonchev–Trinajstić information content (AvgIpc) is 2.41. The number of anilines is 1. The zero-order chi connectivity index (χ0) is 11.6. The van der Waals surface area contributed by atoms with Crippen molar-refractivity contribution in [2.45, 2.75) is 6.92 Å². The summed E-state index contributed by atoms with van der Waals surface area (Å²) in [6.45, 7) is 1.38. The van der Waals surface area contributed by atoms with Gasteiger partial charge in [0.25, 0.3) is 0 Å². The molecule has 1 aromatic rings. The number of hydrogen-bond donors (Lipinski definition) is 1. The fraction of sp³-hybridized carbons (Fsp3) is 0.250. The molecule has 0 saturated heterocycles. The first-order valence-corrected chi connectivity index (χ1v) is 6.21. The number of nitrogens with one attached hydrogen (secondary N) is 1. The maximum atomic E-state index is 11.4. The van der Waals surface area contributed by atoms with E-state index in [2.05, 4.69) is 41.9 Å². The molecule has 0 atom stereocenters. The second-order valence-corrected chi connectivity index (χ2v) is 5.70. The van der Waals surface area contributed by atoms with Crippen LogP contribution in [0.3, 0.4) is 0 Å². The highest BCUT2D eigenvalue weighted by Gasteiger charge is 2.22. The van der Waals surface area contributed by atoms with Gasteiger partial charge < -0.3 is 10.1 Å². The number of halogens is 2. The van der Waals surface area contributed by atoms with Crippen molar-refractivity contribution in [2.24, 2.45) is 0 Å². The number of esters is 1. The fourth-order valence-corrected chi connectivity index (χ4v) is 3.19. The Balaban J connectivity index is 3.20. The Morgan fingerprint density at radius 2 is 2.00 bits per heavy atom. The van der Waals surface area contributed by atoms with Crippen molar-refractivity contribution in [2.75, 3.05) is 12.4 Å². The van der Waals surface area contributed by atoms with Crippen molar-refractivity contribution in [1.29, 1.82) is 0 Å². The third-order valence-corrected chi connectivity index (χ3v) is 4.85. The monoisotopic (exact) mass is 355 g/mol. The van der Waals surface area contributed by atoms with Crippen LogP contribution in [0.2, 0.25) is 0 Å². The highest BCUT2D eigenvalue weighted by Crippen LogP contribution is 2.41. The molecular formula is C8H7Br2NO3S. The van der Waals surface area contributed by atoms with Gasteiger partial charge in [-0.1, -0.05) is 0 Å². The zero-order valence-electron chi connectivity index (χ0n) is 7.89. The van der Waals surface area contributed by atoms with Gasteiger partial charge >= 0.3 is 5.97 Å². The molecule has 0 aliphatic carbocycles. The summed E-state index contributed by atoms with van der Waals surface area (Å²) >= 11 is 7.76. The molecule has 1 amide bonds. The Morgan fingerprint density at radius 3 is 2.47 bits per heavy atom. The molecule has 4 nitrogen and oxygen atoms in total. The van der Waals surface area contributed by atoms with Crippen molar-refractivity contribution in [3.8, 4) is 0 Å². The van der Waals surface area contributed by atoms with Crippen molar-refractivity contribution in [3.05, 3.63) is 13.8 Å². The molecule has 7 heteroatoms. The Kier molecular flexibility index (Phi) is 4.30. The minimum atomic E-state index is -0.493. The van der Waals surface area contributed by atoms with Crippen LogP contribution in [0.4, 0.5) is 5.00 Å². The standard InChI is InChI=1S/C8H7Br2NO3S/c1-3(12)11-7-4(8(13)14-2)5(9)6(10)15-7/h1-2H3,(H,11,12). The summed E-state index contributed by atoms with van der Waals surface area (Å²) < 4.78 is 5.93. The van der Waals surface area contributed by atoms with Gasteiger partial charge in [-0.25, -0.2) is 4.79 Å². The maximum absolute atomic E-state index is 11.4. The topological polar surface area (TPSA) is 55.4 Å². The van der Waals surface area contributed by atoms with Crippen molar-refractivity contribution >= 4 is 60.1 Å². The number of amides is 1. The first-order valence-electron chi connectivity index (χ1n) is 3.81. The van der Waals surface area contributed by atoms with E-state index in [9.17, 15) is 9.59 Å². The predicted octanol–water partition coefficient (Wildman–Crippen LogP) is 3.02. The Morgan fingerprint density at radius 1 is 1.40 bits per heavy atom. The van der Waals surface area contributed by atoms with Crippen LogP contribution in [0.25, 0.3) is 0 Å². The Labute approximate surface area is 107 Å². The zero-order valence-corrected chi connectivity index (χ0v) is 11.9. The van der Waals surface area contributed by atoms with E-state index < -0.39 is 5.97 Å². The summed E-state index contributed by atoms with van der Waals surface area (Å²) in [6.07, 6.45) is 0. The molecule has 1 aromatic heterocycles. The fourth-order valence-electron chi connectivity index (χ4n) is 0.916. The lowest BCUT2D eigenvalue weighted by atomic mass is 10.3. The largest absolute Gasteiger partial charge is 0.465 e. The van der Waals surface area contributed by atoms with Crippen LogP contribution in [0, 0.1) is 0 Å². The third kappa shape index (κ3) is 2.79. The van der Waals surface area contributed by atoms with E-state index in [1.54, 1.807) is 0 Å². The second-order valence-electron chi connectivity index (χ2n) is 2.57. The van der Waals surface area contributed by atoms with Gasteiger partial charge in [0.1, 0.15) is 10.6 Å². The number of carbonyl (C=O) groups excluding carboxylic acids is 2. The molecule has 0 aliphatic rings. The van der Waals surface area contributed by atoms with Crippen LogP contribution in [0.1, 0.15) is 17.3 Å². The predicted molar refractivity (Wildman–Crippen MR) is 65.4 cm³/mol. The molecule has 0 aliphatic heterocycles. The number of methoxy groups -OCH3 is 1. The molecular weight excluding hydrogens is 350 g/mol. The van der Waals surface area contributed by atoms with E-state index in [1.165, 1.54) is 25.4 Å². The van der Waals surface area contributed by atoms with E-state index >= 15 is 0 Å². The van der Waals surface area contributed by atoms with Crippen LogP contribution in [-0.4, -0.2) is 19.0 Å². The number of ether oxygens (including phenoxy) is 1. The molecule has 1 heterocycles. The van der Waals surface area contributed by atoms with Gasteiger partial charge in [0.05, 0.1) is 15.4 Å². The van der Waals surface area contributed by atoms with Gasteiger partial charge in [-0.2, -0.15) is 0 Å². The maximum Gasteiger partial charge on any atom is 0.342 e. The van der Waals surface area contributed by atoms with E-state index in [0.717, 1.165) is 3.79 Å². The molecule has 0 saturated carbocycles. The second kappa shape index (κ2) is 5.09. The average molecular weight is 357 g/mol. The summed E-state index contributed by atoms with van der Waals surface area (Å²) in [5.41, 5.74) is 0.324. The van der Waals surface area contributed by atoms with Gasteiger partial charge in [0.15, 0.2) is 0 Å². The molecule has 0 unspecified atom stereocenters. The van der Waals surface area contributed by atoms with E-state index in [4.69, 9.17) is 0 Å². The lowest BCUT2D eigenvalue weighted by molar-refractivity contribution is -0.114. The SMILES string of the molecule is COC(=O)c1c(NC(C)=O)sc(Br)c1Br. The molecule has 0 radical (unpaired) electrons. The highest BCUT2D eigenvalue weighted by molar-refractivity contribution is 9.13. The summed E-state index contributed by atoms with van der Waals surface area (Å²) in [6, 6.07) is 0. The van der Waals surface area contributed by atoms with Crippen LogP contribution in [0.5, 0.6) is 0 Å². The van der Waals surface area contributed by atoms with E-state index in [-0.39, 0.29) is 5.91 Å². The van der Waals surface area contributed by atoms with Crippen LogP contribution in [0.15, 0.2) is 8.26 Å². The normalized spacial score (nSPS) is 9.87. The summed E-state index contributed by atoms with van der Waals surface area (Å²) in [7, 11) is 1.29. The van der Waals surface area contributed by atoms with Gasteiger partial charge in [-0.15, -0.1) is 11.3 Å². The molecule has 0 bridgehead atoms. The van der Waals surface area contributed by atoms with Gasteiger partial charge in [-0.3, -0.25) is 4.79 Å². The van der Waals surface area contributed by atoms with Crippen molar-refractivity contribution in [1.82, 2.24) is 0 Å². The quantitative estimate of drug-likeness (QED) is 0.828. The molecule has 1 N–H and O–H groups in total. The smallest absolute Gasteiger partial charge is 0.342 e. The summed E-state index contributed by atoms with van der Waals surface area (Å²) in [4.78, 5) is 22.3. The third-order valence-electron chi connectivity index (χ3n) is 1.49. The molecule has 0 aromatic carbocycles. The first kappa shape index (κ1) is 12.7. The number of carbonyl (C=O) groups is 2. The molecule has 0 fully saturated rings. The van der Waals surface area contributed by atoms with Crippen LogP contribution >= 0.6 is 43.2 Å². The minimum Gasteiger partial charge on any atom is -0.465 e. The lowest BCUT2D eigenvalue weighted by Crippen LogP contribution is -2.09. The minimum absolute atomic E-state index is 0.235. The van der Waals surface area contributed by atoms with E-state index in [0.29, 0.717) is 15.0 Å². The van der Waals surface area contributed by atoms with Gasteiger partial charge in [0, 0.05) is 6.92 Å². The summed E-state index contributed by atoms with van der Waals surface area (Å²) in [5.74, 6) is -0.728. The van der Waals surface area contributed by atoms with Crippen molar-refractivity contribution < 1.29 is 14.3 Å². The van der Waals surface area contributed by atoms with Gasteiger partial charge in [0.2, 0.25) is 5.91 Å². The lowest BCUT2D eigenvalue weighted by Gasteiger charge is -2.02. The van der Waals surface area contributed by atoms with Gasteiger partial charge in [-0.05, 0) is 31.9 Å². The molecule has 0 spiro atoms. The first-order chi connectivity index (χ1) is 6.97. The molecule has 1 rings (SSSR count). The Hall–Kier alpha value is -0.400. The number of rotatable bonds is 2. The van der Waals surface area contributed by atoms with Crippen LogP contribution in [-0.2, 0) is 9.53 Å². The van der Waals surface area contributed by atoms with Crippen LogP contribution < -0.4 is 5.32 Å². The number of thiophene rings is 1. The summed E-state index contributed by atoms with van der Waals surface area (Å²) in [5, 5.41) is 3.03. The van der Waals surface area contributed by atoms with E-state index in [1.807, 2.05) is 0 Å². The molecule has 15 heavy (non-hydrogen) atoms. The highest BCUT2D eigenvalue weighted by atomic mass is 79.9. The Bertz CT molecular complexity index is 416. The molecule has 82 valence electrons. The number of hydrogen-bond acceptors (Lipinski definition) is 4.